The van der Waals surface area contributed by atoms with E-state index in [2.05, 4.69) is 58.8 Å². The van der Waals surface area contributed by atoms with Gasteiger partial charge in [0.1, 0.15) is 0 Å². The summed E-state index contributed by atoms with van der Waals surface area (Å²) in [6, 6.07) is 0. The highest BCUT2D eigenvalue weighted by Gasteiger charge is 2.71. The molecule has 0 radical (unpaired) electrons. The van der Waals surface area contributed by atoms with Gasteiger partial charge in [-0.1, -0.05) is 60.6 Å². The quantitative estimate of drug-likeness (QED) is 0.157. The summed E-state index contributed by atoms with van der Waals surface area (Å²) in [5, 5.41) is 17.2. The van der Waals surface area contributed by atoms with E-state index in [0.29, 0.717) is 69.1 Å². The van der Waals surface area contributed by atoms with Crippen LogP contribution in [0.25, 0.3) is 0 Å². The number of fused-ring (bicyclic) bond motifs is 7. The molecular formula is C40H68N2O5. The summed E-state index contributed by atoms with van der Waals surface area (Å²) in [6.07, 6.45) is 10.9. The largest absolute Gasteiger partial charge is 0.393 e. The maximum absolute atomic E-state index is 14.3. The molecule has 0 aliphatic heterocycles. The molecule has 5 aliphatic carbocycles. The zero-order valence-electron chi connectivity index (χ0n) is 31.1. The zero-order chi connectivity index (χ0) is 34.4. The van der Waals surface area contributed by atoms with E-state index in [-0.39, 0.29) is 50.9 Å². The van der Waals surface area contributed by atoms with Crippen LogP contribution in [-0.4, -0.2) is 62.5 Å². The van der Waals surface area contributed by atoms with Gasteiger partial charge in [-0.05, 0) is 122 Å². The first kappa shape index (κ1) is 36.8. The number of allylic oxidation sites excluding steroid dienone is 1. The Kier molecular flexibility index (Phi) is 10.7. The Labute approximate surface area is 286 Å². The minimum absolute atomic E-state index is 0.0232. The minimum Gasteiger partial charge on any atom is -0.393 e. The average Bonchev–Trinajstić information content (AvgIpc) is 3.41. The molecule has 0 aromatic rings. The van der Waals surface area contributed by atoms with E-state index >= 15 is 0 Å². The molecular weight excluding hydrogens is 588 g/mol. The van der Waals surface area contributed by atoms with E-state index in [4.69, 9.17) is 9.47 Å². The normalized spacial score (nSPS) is 42.1. The molecule has 10 atom stereocenters. The van der Waals surface area contributed by atoms with Crippen molar-refractivity contribution in [2.45, 2.75) is 126 Å². The number of hydrogen-bond acceptors (Lipinski definition) is 5. The molecule has 7 nitrogen and oxygen atoms in total. The molecule has 5 aliphatic rings. The lowest BCUT2D eigenvalue weighted by atomic mass is 9.32. The molecule has 5 fully saturated rings. The summed E-state index contributed by atoms with van der Waals surface area (Å²) >= 11 is 0. The summed E-state index contributed by atoms with van der Waals surface area (Å²) in [6.45, 7) is 25.8. The fourth-order valence-electron chi connectivity index (χ4n) is 12.7. The molecule has 0 heterocycles. The smallest absolute Gasteiger partial charge is 0.226 e. The molecule has 5 saturated carbocycles. The molecule has 0 spiro atoms. The van der Waals surface area contributed by atoms with Gasteiger partial charge in [-0.25, -0.2) is 0 Å². The highest BCUT2D eigenvalue weighted by Crippen LogP contribution is 2.77. The summed E-state index contributed by atoms with van der Waals surface area (Å²) in [5.74, 6) is 2.74. The number of carbonyl (C=O) groups excluding carboxylic acids is 2. The highest BCUT2D eigenvalue weighted by atomic mass is 16.5. The van der Waals surface area contributed by atoms with Crippen LogP contribution in [0.4, 0.5) is 0 Å². The first-order valence-corrected chi connectivity index (χ1v) is 19.1. The molecule has 268 valence electrons. The van der Waals surface area contributed by atoms with Gasteiger partial charge in [0.25, 0.3) is 0 Å². The molecule has 5 rings (SSSR count). The third-order valence-electron chi connectivity index (χ3n) is 15.5. The van der Waals surface area contributed by atoms with Crippen LogP contribution in [-0.2, 0) is 19.1 Å². The molecule has 0 aromatic heterocycles. The number of nitrogens with one attached hydrogen (secondary N) is 2. The molecule has 3 N–H and O–H groups in total. The van der Waals surface area contributed by atoms with Crippen molar-refractivity contribution in [2.75, 3.05) is 39.5 Å². The number of aliphatic hydroxyl groups excluding tert-OH is 1. The van der Waals surface area contributed by atoms with E-state index in [1.807, 2.05) is 13.8 Å². The van der Waals surface area contributed by atoms with Crippen LogP contribution < -0.4 is 10.6 Å². The summed E-state index contributed by atoms with van der Waals surface area (Å²) in [5.41, 5.74) is 1.59. The molecule has 2 amide bonds. The monoisotopic (exact) mass is 657 g/mol. The van der Waals surface area contributed by atoms with Gasteiger partial charge in [0.05, 0.1) is 37.9 Å². The van der Waals surface area contributed by atoms with E-state index in [0.717, 1.165) is 38.5 Å². The standard InChI is InChI=1S/C40H68N2O5/c1-26(2)28-12-17-40(35(45)42-21-23-47-25-24-46-22-20-41-34(44)27(3)4)19-18-38(8)29(33(28)40)10-11-31-37(7)15-14-32(43)36(5,6)30(37)13-16-39(31,38)9/h27-33,43H,1,10-25H2,2-9H3,(H,41,44)(H,42,45)/t28-,29+,30-,31+,32-,33+,37-,38+,39+,40-/m0/s1. The van der Waals surface area contributed by atoms with Crippen molar-refractivity contribution in [1.29, 1.82) is 0 Å². The van der Waals surface area contributed by atoms with Crippen LogP contribution in [0.1, 0.15) is 120 Å². The number of ether oxygens (including phenoxy) is 2. The topological polar surface area (TPSA) is 96.9 Å². The number of rotatable bonds is 12. The second kappa shape index (κ2) is 13.7. The number of amides is 2. The number of hydrogen-bond donors (Lipinski definition) is 3. The van der Waals surface area contributed by atoms with E-state index < -0.39 is 0 Å². The van der Waals surface area contributed by atoms with E-state index in [1.54, 1.807) is 0 Å². The van der Waals surface area contributed by atoms with Crippen LogP contribution in [0.15, 0.2) is 12.2 Å². The molecule has 0 bridgehead atoms. The van der Waals surface area contributed by atoms with Crippen LogP contribution in [0.5, 0.6) is 0 Å². The van der Waals surface area contributed by atoms with Gasteiger partial charge in [-0.15, -0.1) is 0 Å². The van der Waals surface area contributed by atoms with Gasteiger partial charge in [-0.2, -0.15) is 0 Å². The Morgan fingerprint density at radius 3 is 2.09 bits per heavy atom. The maximum atomic E-state index is 14.3. The minimum atomic E-state index is -0.321. The third-order valence-corrected chi connectivity index (χ3v) is 15.5. The first-order valence-electron chi connectivity index (χ1n) is 19.1. The van der Waals surface area contributed by atoms with E-state index in [1.165, 1.54) is 31.3 Å². The van der Waals surface area contributed by atoms with Crippen LogP contribution in [0, 0.1) is 62.6 Å². The second-order valence-corrected chi connectivity index (χ2v) is 18.1. The predicted octanol–water partition coefficient (Wildman–Crippen LogP) is 6.93. The van der Waals surface area contributed by atoms with Crippen molar-refractivity contribution in [3.63, 3.8) is 0 Å². The molecule has 0 unspecified atom stereocenters. The molecule has 7 heteroatoms. The molecule has 47 heavy (non-hydrogen) atoms. The van der Waals surface area contributed by atoms with Crippen molar-refractivity contribution in [2.24, 2.45) is 62.6 Å². The third kappa shape index (κ3) is 6.15. The van der Waals surface area contributed by atoms with Crippen molar-refractivity contribution in [3.8, 4) is 0 Å². The van der Waals surface area contributed by atoms with Gasteiger partial charge in [0.2, 0.25) is 11.8 Å². The van der Waals surface area contributed by atoms with Crippen LogP contribution in [0.2, 0.25) is 0 Å². The Hall–Kier alpha value is -1.44. The average molecular weight is 657 g/mol. The van der Waals surface area contributed by atoms with Gasteiger partial charge in [0.15, 0.2) is 0 Å². The second-order valence-electron chi connectivity index (χ2n) is 18.1. The van der Waals surface area contributed by atoms with Crippen LogP contribution in [0.3, 0.4) is 0 Å². The summed E-state index contributed by atoms with van der Waals surface area (Å²) in [4.78, 5) is 25.9. The number of carbonyl (C=O) groups is 2. The lowest BCUT2D eigenvalue weighted by molar-refractivity contribution is -0.246. The van der Waals surface area contributed by atoms with Gasteiger partial charge < -0.3 is 25.2 Å². The molecule has 0 saturated heterocycles. The van der Waals surface area contributed by atoms with Gasteiger partial charge in [-0.3, -0.25) is 9.59 Å². The Morgan fingerprint density at radius 2 is 1.45 bits per heavy atom. The highest BCUT2D eigenvalue weighted by molar-refractivity contribution is 5.84. The Balaban J connectivity index is 1.22. The zero-order valence-corrected chi connectivity index (χ0v) is 31.1. The fourth-order valence-corrected chi connectivity index (χ4v) is 12.7. The van der Waals surface area contributed by atoms with Crippen molar-refractivity contribution < 1.29 is 24.2 Å². The van der Waals surface area contributed by atoms with E-state index in [9.17, 15) is 14.7 Å². The fraction of sp³-hybridized carbons (Fsp3) is 0.900. The van der Waals surface area contributed by atoms with Gasteiger partial charge in [0, 0.05) is 19.0 Å². The van der Waals surface area contributed by atoms with Crippen molar-refractivity contribution >= 4 is 11.8 Å². The maximum Gasteiger partial charge on any atom is 0.226 e. The first-order chi connectivity index (χ1) is 22.1. The Morgan fingerprint density at radius 1 is 0.787 bits per heavy atom. The predicted molar refractivity (Wildman–Crippen MR) is 187 cm³/mol. The van der Waals surface area contributed by atoms with Crippen molar-refractivity contribution in [1.82, 2.24) is 10.6 Å². The van der Waals surface area contributed by atoms with Crippen LogP contribution >= 0.6 is 0 Å². The lowest BCUT2D eigenvalue weighted by Gasteiger charge is -2.72. The lowest BCUT2D eigenvalue weighted by Crippen LogP contribution is -2.67. The van der Waals surface area contributed by atoms with Crippen molar-refractivity contribution in [3.05, 3.63) is 12.2 Å². The summed E-state index contributed by atoms with van der Waals surface area (Å²) < 4.78 is 11.4. The summed E-state index contributed by atoms with van der Waals surface area (Å²) in [7, 11) is 0. The Bertz CT molecular complexity index is 1170. The molecule has 0 aromatic carbocycles. The number of aliphatic hydroxyl groups is 1. The van der Waals surface area contributed by atoms with Gasteiger partial charge >= 0.3 is 0 Å². The SMILES string of the molecule is C=C(C)[C@@H]1CC[C@]2(C(=O)NCCOCCOCCNC(=O)C(C)C)CC[C@]3(C)[C@H](CC[C@@H]4[C@@]5(C)CC[C@H](O)C(C)(C)[C@@H]5CC[C@]43C)[C@@H]12.